The number of fused-ring (bicyclic) bond motifs is 1. The summed E-state index contributed by atoms with van der Waals surface area (Å²) in [6, 6.07) is 18.1. The van der Waals surface area contributed by atoms with Crippen LogP contribution in [0, 0.1) is 0 Å². The summed E-state index contributed by atoms with van der Waals surface area (Å²) in [5.74, 6) is -0.367. The predicted molar refractivity (Wildman–Crippen MR) is 126 cm³/mol. The summed E-state index contributed by atoms with van der Waals surface area (Å²) in [7, 11) is 1.62. The van der Waals surface area contributed by atoms with E-state index in [-0.39, 0.29) is 11.6 Å². The van der Waals surface area contributed by atoms with Crippen LogP contribution in [0.4, 0.5) is 18.9 Å². The molecule has 3 heterocycles. The maximum absolute atomic E-state index is 13.1. The van der Waals surface area contributed by atoms with Crippen LogP contribution < -0.4 is 4.90 Å². The number of carbonyl (C=O) groups is 1. The van der Waals surface area contributed by atoms with Crippen molar-refractivity contribution in [3.05, 3.63) is 103 Å². The Morgan fingerprint density at radius 2 is 1.57 bits per heavy atom. The van der Waals surface area contributed by atoms with Gasteiger partial charge in [0.05, 0.1) is 41.2 Å². The summed E-state index contributed by atoms with van der Waals surface area (Å²) in [6.45, 7) is 0. The summed E-state index contributed by atoms with van der Waals surface area (Å²) in [6.07, 6.45) is 1.71. The largest absolute Gasteiger partial charge is 0.416 e. The lowest BCUT2D eigenvalue weighted by atomic mass is 10.1. The maximum Gasteiger partial charge on any atom is 0.416 e. The van der Waals surface area contributed by atoms with Crippen LogP contribution in [0.3, 0.4) is 0 Å². The lowest BCUT2D eigenvalue weighted by molar-refractivity contribution is -0.137. The van der Waals surface area contributed by atoms with E-state index < -0.39 is 11.7 Å². The monoisotopic (exact) mass is 473 g/mol. The van der Waals surface area contributed by atoms with E-state index in [4.69, 9.17) is 0 Å². The van der Waals surface area contributed by atoms with Gasteiger partial charge < -0.3 is 4.90 Å². The molecule has 5 aromatic rings. The molecule has 5 rings (SSSR count). The summed E-state index contributed by atoms with van der Waals surface area (Å²) in [4.78, 5) is 27.5. The van der Waals surface area contributed by atoms with E-state index in [0.717, 1.165) is 23.4 Å². The molecule has 0 aliphatic heterocycles. The normalized spacial score (nSPS) is 11.5. The fourth-order valence-electron chi connectivity index (χ4n) is 3.70. The highest BCUT2D eigenvalue weighted by Crippen LogP contribution is 2.31. The average molecular weight is 473 g/mol. The second-order valence-corrected chi connectivity index (χ2v) is 7.85. The number of aromatic nitrogens is 4. The van der Waals surface area contributed by atoms with Gasteiger partial charge in [-0.15, -0.1) is 0 Å². The molecule has 174 valence electrons. The van der Waals surface area contributed by atoms with Gasteiger partial charge in [-0.3, -0.25) is 14.2 Å². The highest BCUT2D eigenvalue weighted by molar-refractivity contribution is 6.04. The Balaban J connectivity index is 1.42. The zero-order valence-corrected chi connectivity index (χ0v) is 18.4. The molecule has 0 aliphatic carbocycles. The fourth-order valence-corrected chi connectivity index (χ4v) is 3.70. The van der Waals surface area contributed by atoms with Crippen LogP contribution in [0.15, 0.2) is 91.5 Å². The zero-order chi connectivity index (χ0) is 24.6. The van der Waals surface area contributed by atoms with Crippen molar-refractivity contribution in [2.24, 2.45) is 0 Å². The number of hydrogen-bond donors (Lipinski definition) is 0. The Labute approximate surface area is 198 Å². The molecule has 0 aliphatic rings. The van der Waals surface area contributed by atoms with Crippen LogP contribution in [0.5, 0.6) is 0 Å². The minimum Gasteiger partial charge on any atom is -0.309 e. The molecule has 6 nitrogen and oxygen atoms in total. The molecule has 0 fully saturated rings. The topological polar surface area (TPSA) is 63.4 Å². The van der Waals surface area contributed by atoms with E-state index in [1.165, 1.54) is 35.6 Å². The number of benzene rings is 2. The van der Waals surface area contributed by atoms with Gasteiger partial charge in [-0.2, -0.15) is 13.2 Å². The summed E-state index contributed by atoms with van der Waals surface area (Å²) in [5, 5.41) is 0. The zero-order valence-electron chi connectivity index (χ0n) is 18.4. The Hall–Kier alpha value is -4.53. The van der Waals surface area contributed by atoms with Crippen LogP contribution in [-0.4, -0.2) is 32.3 Å². The minimum atomic E-state index is -4.42. The van der Waals surface area contributed by atoms with E-state index >= 15 is 0 Å². The van der Waals surface area contributed by atoms with E-state index in [9.17, 15) is 18.0 Å². The second-order valence-electron chi connectivity index (χ2n) is 7.85. The molecule has 0 N–H and O–H groups in total. The molecule has 0 bridgehead atoms. The molecule has 0 saturated heterocycles. The first-order valence-corrected chi connectivity index (χ1v) is 10.6. The van der Waals surface area contributed by atoms with Crippen LogP contribution in [-0.2, 0) is 6.18 Å². The smallest absolute Gasteiger partial charge is 0.309 e. The molecule has 0 unspecified atom stereocenters. The number of hydrogen-bond acceptors (Lipinski definition) is 4. The van der Waals surface area contributed by atoms with Gasteiger partial charge in [-0.25, -0.2) is 9.97 Å². The molecule has 1 amide bonds. The summed E-state index contributed by atoms with van der Waals surface area (Å²) in [5.41, 5.74) is 3.30. The van der Waals surface area contributed by atoms with Crippen molar-refractivity contribution in [3.8, 4) is 22.5 Å². The Kier molecular flexibility index (Phi) is 5.52. The third-order valence-corrected chi connectivity index (χ3v) is 5.63. The van der Waals surface area contributed by atoms with Crippen molar-refractivity contribution in [2.45, 2.75) is 6.18 Å². The standard InChI is InChI=1S/C26H18F3N5O/c1-33(20-11-12-21(30-13-20)17-5-3-2-4-6-17)25(35)22-16-34-23(14-32-24(34)15-31-22)18-7-9-19(10-8-18)26(27,28)29/h2-16H,1H3. The van der Waals surface area contributed by atoms with Gasteiger partial charge in [0.25, 0.3) is 5.91 Å². The minimum absolute atomic E-state index is 0.151. The molecule has 9 heteroatoms. The quantitative estimate of drug-likeness (QED) is 0.333. The number of alkyl halides is 3. The lowest BCUT2D eigenvalue weighted by Gasteiger charge is -2.17. The first kappa shape index (κ1) is 22.3. The molecule has 0 radical (unpaired) electrons. The van der Waals surface area contributed by atoms with Crippen molar-refractivity contribution in [2.75, 3.05) is 11.9 Å². The first-order chi connectivity index (χ1) is 16.8. The number of nitrogens with zero attached hydrogens (tertiary/aromatic N) is 5. The van der Waals surface area contributed by atoms with Crippen molar-refractivity contribution in [3.63, 3.8) is 0 Å². The number of halogens is 3. The molecule has 35 heavy (non-hydrogen) atoms. The van der Waals surface area contributed by atoms with Gasteiger partial charge in [0.2, 0.25) is 0 Å². The van der Waals surface area contributed by atoms with Gasteiger partial charge in [0.1, 0.15) is 5.69 Å². The molecule has 3 aromatic heterocycles. The molecule has 0 spiro atoms. The van der Waals surface area contributed by atoms with Crippen LogP contribution >= 0.6 is 0 Å². The number of carbonyl (C=O) groups excluding carboxylic acids is 1. The fraction of sp³-hybridized carbons (Fsp3) is 0.0769. The van der Waals surface area contributed by atoms with Crippen molar-refractivity contribution >= 4 is 17.2 Å². The molecule has 0 saturated carbocycles. The van der Waals surface area contributed by atoms with Gasteiger partial charge >= 0.3 is 6.18 Å². The summed E-state index contributed by atoms with van der Waals surface area (Å²) >= 11 is 0. The van der Waals surface area contributed by atoms with E-state index in [0.29, 0.717) is 22.6 Å². The van der Waals surface area contributed by atoms with Crippen molar-refractivity contribution < 1.29 is 18.0 Å². The highest BCUT2D eigenvalue weighted by atomic mass is 19.4. The van der Waals surface area contributed by atoms with E-state index in [1.807, 2.05) is 36.4 Å². The second kappa shape index (κ2) is 8.68. The van der Waals surface area contributed by atoms with E-state index in [1.54, 1.807) is 23.7 Å². The molecular formula is C26H18F3N5O. The van der Waals surface area contributed by atoms with Gasteiger partial charge in [0.15, 0.2) is 5.65 Å². The molecule has 2 aromatic carbocycles. The maximum atomic E-state index is 13.1. The van der Waals surface area contributed by atoms with Gasteiger partial charge in [-0.1, -0.05) is 42.5 Å². The number of amides is 1. The van der Waals surface area contributed by atoms with Crippen molar-refractivity contribution in [1.82, 2.24) is 19.4 Å². The SMILES string of the molecule is CN(C(=O)c1cn2c(-c3ccc(C(F)(F)F)cc3)cnc2cn1)c1ccc(-c2ccccc2)nc1. The number of pyridine rings is 1. The average Bonchev–Trinajstić information content (AvgIpc) is 3.31. The molecule has 0 atom stereocenters. The highest BCUT2D eigenvalue weighted by Gasteiger charge is 2.30. The summed E-state index contributed by atoms with van der Waals surface area (Å²) < 4.78 is 40.4. The number of anilines is 1. The van der Waals surface area contributed by atoms with Crippen LogP contribution in [0.25, 0.3) is 28.2 Å². The number of imidazole rings is 1. The third-order valence-electron chi connectivity index (χ3n) is 5.63. The Bertz CT molecular complexity index is 1490. The first-order valence-electron chi connectivity index (χ1n) is 10.6. The third kappa shape index (κ3) is 4.35. The van der Waals surface area contributed by atoms with Crippen LogP contribution in [0.2, 0.25) is 0 Å². The van der Waals surface area contributed by atoms with E-state index in [2.05, 4.69) is 15.0 Å². The predicted octanol–water partition coefficient (Wildman–Crippen LogP) is 5.75. The molecular weight excluding hydrogens is 455 g/mol. The number of rotatable bonds is 4. The Morgan fingerprint density at radius 1 is 0.829 bits per heavy atom. The van der Waals surface area contributed by atoms with Crippen molar-refractivity contribution in [1.29, 1.82) is 0 Å². The van der Waals surface area contributed by atoms with Crippen LogP contribution in [0.1, 0.15) is 16.1 Å². The van der Waals surface area contributed by atoms with Gasteiger partial charge in [0, 0.05) is 24.4 Å². The Morgan fingerprint density at radius 3 is 2.23 bits per heavy atom. The lowest BCUT2D eigenvalue weighted by Crippen LogP contribution is -2.27. The van der Waals surface area contributed by atoms with Gasteiger partial charge in [-0.05, 0) is 24.3 Å².